The van der Waals surface area contributed by atoms with Crippen LogP contribution in [0.4, 0.5) is 30.7 Å². The van der Waals surface area contributed by atoms with E-state index in [1.165, 1.54) is 0 Å². The zero-order valence-electron chi connectivity index (χ0n) is 22.3. The largest absolute Gasteiger partial charge is 0.493 e. The van der Waals surface area contributed by atoms with Gasteiger partial charge in [-0.3, -0.25) is 4.79 Å². The van der Waals surface area contributed by atoms with Crippen molar-refractivity contribution in [3.63, 3.8) is 0 Å². The number of carbonyl (C=O) groups is 2. The second-order valence-electron chi connectivity index (χ2n) is 10.1. The van der Waals surface area contributed by atoms with Crippen molar-refractivity contribution in [2.75, 3.05) is 34.4 Å². The smallest absolute Gasteiger partial charge is 0.490 e. The SMILES string of the molecule is COc1ccc([C@@]23CC[C@H](NC(=O)c4ccc(C(F)(F)F)c(F)c4)C[C@@H]2CN(C)C3)cc1OC.O=C(O)C(F)(F)F. The first-order valence-electron chi connectivity index (χ1n) is 12.4. The molecule has 2 aromatic carbocycles. The van der Waals surface area contributed by atoms with Gasteiger partial charge in [0.05, 0.1) is 19.8 Å². The number of nitrogens with zero attached hydrogens (tertiary/aromatic N) is 1. The van der Waals surface area contributed by atoms with Gasteiger partial charge in [-0.2, -0.15) is 26.3 Å². The number of likely N-dealkylation sites (tertiary alicyclic amines) is 1. The van der Waals surface area contributed by atoms with Crippen molar-refractivity contribution in [1.82, 2.24) is 10.2 Å². The summed E-state index contributed by atoms with van der Waals surface area (Å²) in [7, 11) is 5.27. The monoisotopic (exact) mass is 594 g/mol. The number of carboxylic acid groups (broad SMARTS) is 1. The molecule has 1 heterocycles. The van der Waals surface area contributed by atoms with Crippen molar-refractivity contribution < 1.29 is 54.9 Å². The average molecular weight is 595 g/mol. The second-order valence-corrected chi connectivity index (χ2v) is 10.1. The van der Waals surface area contributed by atoms with Crippen molar-refractivity contribution in [2.45, 2.75) is 43.1 Å². The lowest BCUT2D eigenvalue weighted by molar-refractivity contribution is -0.192. The number of ether oxygens (including phenoxy) is 2. The second kappa shape index (κ2) is 12.1. The molecular weight excluding hydrogens is 565 g/mol. The van der Waals surface area contributed by atoms with Gasteiger partial charge in [-0.15, -0.1) is 0 Å². The molecule has 0 unspecified atom stereocenters. The Bertz CT molecular complexity index is 1270. The average Bonchev–Trinajstić information content (AvgIpc) is 3.23. The number of alkyl halides is 6. The molecule has 2 aliphatic rings. The molecule has 7 nitrogen and oxygen atoms in total. The van der Waals surface area contributed by atoms with Crippen LogP contribution in [0.1, 0.15) is 40.7 Å². The van der Waals surface area contributed by atoms with Gasteiger partial charge in [0.15, 0.2) is 11.5 Å². The summed E-state index contributed by atoms with van der Waals surface area (Å²) in [5.41, 5.74) is -0.439. The van der Waals surface area contributed by atoms with E-state index in [1.807, 2.05) is 12.1 Å². The predicted molar refractivity (Wildman–Crippen MR) is 132 cm³/mol. The van der Waals surface area contributed by atoms with E-state index in [0.717, 1.165) is 31.1 Å². The van der Waals surface area contributed by atoms with Crippen molar-refractivity contribution >= 4 is 11.9 Å². The van der Waals surface area contributed by atoms with E-state index >= 15 is 0 Å². The lowest BCUT2D eigenvalue weighted by atomic mass is 9.63. The maximum atomic E-state index is 13.9. The minimum absolute atomic E-state index is 0.101. The molecule has 3 atom stereocenters. The number of fused-ring (bicyclic) bond motifs is 1. The van der Waals surface area contributed by atoms with Crippen LogP contribution in [0.3, 0.4) is 0 Å². The summed E-state index contributed by atoms with van der Waals surface area (Å²) in [6, 6.07) is 8.12. The minimum Gasteiger partial charge on any atom is -0.493 e. The molecule has 0 spiro atoms. The molecular formula is C27H29F7N2O5. The Kier molecular flexibility index (Phi) is 9.46. The topological polar surface area (TPSA) is 88.1 Å². The number of methoxy groups -OCH3 is 2. The van der Waals surface area contributed by atoms with Gasteiger partial charge < -0.3 is 24.8 Å². The van der Waals surface area contributed by atoms with E-state index in [2.05, 4.69) is 23.3 Å². The maximum absolute atomic E-state index is 13.9. The summed E-state index contributed by atoms with van der Waals surface area (Å²) in [6.07, 6.45) is -7.64. The van der Waals surface area contributed by atoms with E-state index in [4.69, 9.17) is 19.4 Å². The van der Waals surface area contributed by atoms with Crippen LogP contribution < -0.4 is 14.8 Å². The fourth-order valence-electron chi connectivity index (χ4n) is 5.61. The lowest BCUT2D eigenvalue weighted by Crippen LogP contribution is -2.47. The highest BCUT2D eigenvalue weighted by Gasteiger charge is 2.50. The fraction of sp³-hybridized carbons (Fsp3) is 0.481. The predicted octanol–water partition coefficient (Wildman–Crippen LogP) is 5.28. The van der Waals surface area contributed by atoms with Gasteiger partial charge >= 0.3 is 18.3 Å². The van der Waals surface area contributed by atoms with Crippen LogP contribution in [-0.2, 0) is 16.4 Å². The molecule has 2 fully saturated rings. The zero-order valence-corrected chi connectivity index (χ0v) is 22.3. The van der Waals surface area contributed by atoms with E-state index in [9.17, 15) is 35.5 Å². The lowest BCUT2D eigenvalue weighted by Gasteiger charge is -2.43. The summed E-state index contributed by atoms with van der Waals surface area (Å²) in [5, 5.41) is 10.0. The van der Waals surface area contributed by atoms with Crippen LogP contribution in [0.25, 0.3) is 0 Å². The summed E-state index contributed by atoms with van der Waals surface area (Å²) < 4.78 is 95.0. The number of amides is 1. The summed E-state index contributed by atoms with van der Waals surface area (Å²) in [6.45, 7) is 1.73. The van der Waals surface area contributed by atoms with Gasteiger partial charge in [0, 0.05) is 30.1 Å². The Morgan fingerprint density at radius 2 is 1.66 bits per heavy atom. The highest BCUT2D eigenvalue weighted by atomic mass is 19.4. The molecule has 2 N–H and O–H groups in total. The van der Waals surface area contributed by atoms with Gasteiger partial charge in [0.1, 0.15) is 5.82 Å². The molecule has 1 saturated carbocycles. The summed E-state index contributed by atoms with van der Waals surface area (Å²) in [4.78, 5) is 23.9. The summed E-state index contributed by atoms with van der Waals surface area (Å²) >= 11 is 0. The van der Waals surface area contributed by atoms with Crippen molar-refractivity contribution in [3.05, 3.63) is 58.9 Å². The number of hydrogen-bond donors (Lipinski definition) is 2. The standard InChI is InChI=1S/C25H28F4N2O3.C2HF3O2/c1-31-13-17-11-18(30-23(32)15-4-6-19(20(26)10-15)25(27,28)29)8-9-24(17,14-31)16-5-7-21(33-2)22(12-16)34-3;3-2(4,5)1(6)7/h4-7,10,12,17-18H,8-9,11,13-14H2,1-3H3,(H,30,32);(H,6,7)/t17-,18+,24+;/m1./s1. The van der Waals surface area contributed by atoms with Crippen LogP contribution >= 0.6 is 0 Å². The number of halogens is 7. The number of carbonyl (C=O) groups excluding carboxylic acids is 1. The highest BCUT2D eigenvalue weighted by Crippen LogP contribution is 2.49. The van der Waals surface area contributed by atoms with Crippen LogP contribution in [0.15, 0.2) is 36.4 Å². The van der Waals surface area contributed by atoms with E-state index in [1.54, 1.807) is 14.2 Å². The molecule has 226 valence electrons. The van der Waals surface area contributed by atoms with Gasteiger partial charge in [-0.25, -0.2) is 9.18 Å². The Morgan fingerprint density at radius 3 is 2.20 bits per heavy atom. The Balaban J connectivity index is 0.000000587. The van der Waals surface area contributed by atoms with Crippen LogP contribution in [0.5, 0.6) is 11.5 Å². The summed E-state index contributed by atoms with van der Waals surface area (Å²) in [5.74, 6) is -3.18. The van der Waals surface area contributed by atoms with Gasteiger partial charge in [-0.05, 0) is 68.1 Å². The molecule has 0 aromatic heterocycles. The highest BCUT2D eigenvalue weighted by molar-refractivity contribution is 5.94. The molecule has 0 radical (unpaired) electrons. The third-order valence-electron chi connectivity index (χ3n) is 7.45. The third-order valence-corrected chi connectivity index (χ3v) is 7.45. The van der Waals surface area contributed by atoms with Crippen LogP contribution in [0.2, 0.25) is 0 Å². The van der Waals surface area contributed by atoms with E-state index < -0.39 is 35.6 Å². The number of rotatable bonds is 5. The maximum Gasteiger partial charge on any atom is 0.490 e. The number of nitrogens with one attached hydrogen (secondary N) is 1. The Hall–Kier alpha value is -3.55. The van der Waals surface area contributed by atoms with Crippen molar-refractivity contribution in [3.8, 4) is 11.5 Å². The van der Waals surface area contributed by atoms with Crippen LogP contribution in [-0.4, -0.2) is 68.5 Å². The minimum atomic E-state index is -5.08. The Labute approximate surface area is 231 Å². The fourth-order valence-corrected chi connectivity index (χ4v) is 5.61. The van der Waals surface area contributed by atoms with Crippen molar-refractivity contribution in [2.24, 2.45) is 5.92 Å². The first-order valence-corrected chi connectivity index (χ1v) is 12.4. The van der Waals surface area contributed by atoms with Crippen LogP contribution in [0, 0.1) is 11.7 Å². The number of aliphatic carboxylic acids is 1. The van der Waals surface area contributed by atoms with Gasteiger partial charge in [-0.1, -0.05) is 6.07 Å². The zero-order chi connectivity index (χ0) is 30.8. The molecule has 4 rings (SSSR count). The molecule has 0 bridgehead atoms. The number of likely N-dealkylation sites (N-methyl/N-ethyl adjacent to an activating group) is 1. The molecule has 2 aromatic rings. The number of carboxylic acids is 1. The molecule has 41 heavy (non-hydrogen) atoms. The van der Waals surface area contributed by atoms with E-state index in [-0.39, 0.29) is 22.9 Å². The number of benzene rings is 2. The number of hydrogen-bond acceptors (Lipinski definition) is 5. The third kappa shape index (κ3) is 7.21. The van der Waals surface area contributed by atoms with Gasteiger partial charge in [0.25, 0.3) is 5.91 Å². The molecule has 1 aliphatic carbocycles. The van der Waals surface area contributed by atoms with Gasteiger partial charge in [0.2, 0.25) is 0 Å². The Morgan fingerprint density at radius 1 is 1.02 bits per heavy atom. The van der Waals surface area contributed by atoms with E-state index in [0.29, 0.717) is 36.5 Å². The van der Waals surface area contributed by atoms with Crippen molar-refractivity contribution in [1.29, 1.82) is 0 Å². The molecule has 1 aliphatic heterocycles. The quantitative estimate of drug-likeness (QED) is 0.459. The normalized spacial score (nSPS) is 22.7. The molecule has 14 heteroatoms. The first-order chi connectivity index (χ1) is 19.0. The molecule has 1 saturated heterocycles. The first kappa shape index (κ1) is 32.0. The molecule has 1 amide bonds.